The predicted molar refractivity (Wildman–Crippen MR) is 113 cm³/mol. The first-order valence-electron chi connectivity index (χ1n) is 11.8. The lowest BCUT2D eigenvalue weighted by atomic mass is 9.44. The van der Waals surface area contributed by atoms with Gasteiger partial charge in [-0.3, -0.25) is 4.79 Å². The molecule has 0 heterocycles. The van der Waals surface area contributed by atoms with Crippen molar-refractivity contribution in [2.75, 3.05) is 7.11 Å². The summed E-state index contributed by atoms with van der Waals surface area (Å²) in [5.74, 6) is 2.51. The molecule has 9 atom stereocenters. The van der Waals surface area contributed by atoms with Gasteiger partial charge in [0.05, 0.1) is 19.3 Å². The Morgan fingerprint density at radius 2 is 1.97 bits per heavy atom. The van der Waals surface area contributed by atoms with Gasteiger partial charge in [-0.2, -0.15) is 0 Å². The van der Waals surface area contributed by atoms with Crippen molar-refractivity contribution in [3.8, 4) is 0 Å². The van der Waals surface area contributed by atoms with Crippen molar-refractivity contribution in [3.05, 3.63) is 11.6 Å². The number of carbonyl (C=O) groups excluding carboxylic acids is 1. The molecule has 0 aliphatic heterocycles. The van der Waals surface area contributed by atoms with E-state index in [1.807, 2.05) is 0 Å². The van der Waals surface area contributed by atoms with E-state index < -0.39 is 0 Å². The van der Waals surface area contributed by atoms with Gasteiger partial charge in [-0.15, -0.1) is 0 Å². The molecule has 3 saturated carbocycles. The van der Waals surface area contributed by atoms with Gasteiger partial charge in [0.1, 0.15) is 0 Å². The molecule has 164 valence electrons. The molecule has 4 nitrogen and oxygen atoms in total. The maximum Gasteiger partial charge on any atom is 0.305 e. The van der Waals surface area contributed by atoms with Gasteiger partial charge in [0.15, 0.2) is 0 Å². The molecule has 4 rings (SSSR count). The lowest BCUT2D eigenvalue weighted by Crippen LogP contribution is -2.58. The first-order valence-corrected chi connectivity index (χ1v) is 11.8. The minimum atomic E-state index is -0.314. The van der Waals surface area contributed by atoms with Crippen LogP contribution in [0.5, 0.6) is 0 Å². The highest BCUT2D eigenvalue weighted by Crippen LogP contribution is 2.67. The molecule has 0 amide bonds. The molecule has 29 heavy (non-hydrogen) atoms. The fourth-order valence-electron chi connectivity index (χ4n) is 8.14. The first-order chi connectivity index (χ1) is 13.7. The van der Waals surface area contributed by atoms with E-state index in [9.17, 15) is 15.0 Å². The first kappa shape index (κ1) is 21.4. The molecular weight excluding hydrogens is 364 g/mol. The van der Waals surface area contributed by atoms with Crippen molar-refractivity contribution < 1.29 is 19.7 Å². The number of esters is 1. The number of fused-ring (bicyclic) bond motifs is 5. The predicted octanol–water partition coefficient (Wildman–Crippen LogP) is 4.49. The number of aliphatic hydroxyl groups excluding tert-OH is 2. The smallest absolute Gasteiger partial charge is 0.305 e. The van der Waals surface area contributed by atoms with E-state index in [1.54, 1.807) is 0 Å². The number of hydrogen-bond acceptors (Lipinski definition) is 4. The average Bonchev–Trinajstić information content (AvgIpc) is 3.06. The summed E-state index contributed by atoms with van der Waals surface area (Å²) < 4.78 is 4.83. The zero-order valence-electron chi connectivity index (χ0n) is 18.7. The monoisotopic (exact) mass is 404 g/mol. The molecule has 4 heteroatoms. The van der Waals surface area contributed by atoms with Crippen LogP contribution in [0.25, 0.3) is 0 Å². The Labute approximate surface area is 176 Å². The minimum Gasteiger partial charge on any atom is -0.469 e. The van der Waals surface area contributed by atoms with Crippen molar-refractivity contribution in [2.24, 2.45) is 40.4 Å². The summed E-state index contributed by atoms with van der Waals surface area (Å²) in [4.78, 5) is 11.6. The summed E-state index contributed by atoms with van der Waals surface area (Å²) >= 11 is 0. The number of carbonyl (C=O) groups is 1. The number of ether oxygens (including phenoxy) is 1. The summed E-state index contributed by atoms with van der Waals surface area (Å²) in [6, 6.07) is 0. The van der Waals surface area contributed by atoms with Gasteiger partial charge in [-0.05, 0) is 86.4 Å². The van der Waals surface area contributed by atoms with Crippen LogP contribution in [-0.2, 0) is 9.53 Å². The van der Waals surface area contributed by atoms with Gasteiger partial charge in [-0.1, -0.05) is 32.4 Å². The summed E-state index contributed by atoms with van der Waals surface area (Å²) in [7, 11) is 1.45. The van der Waals surface area contributed by atoms with Crippen LogP contribution in [0.4, 0.5) is 0 Å². The second kappa shape index (κ2) is 7.67. The molecule has 0 spiro atoms. The van der Waals surface area contributed by atoms with Gasteiger partial charge in [0, 0.05) is 11.8 Å². The van der Waals surface area contributed by atoms with Crippen molar-refractivity contribution >= 4 is 5.97 Å². The second-order valence-corrected chi connectivity index (χ2v) is 11.0. The molecule has 4 unspecified atom stereocenters. The Morgan fingerprint density at radius 1 is 1.21 bits per heavy atom. The number of allylic oxidation sites excluding steroid dienone is 1. The number of aliphatic hydroxyl groups is 2. The van der Waals surface area contributed by atoms with Crippen LogP contribution in [0.1, 0.15) is 78.6 Å². The number of rotatable bonds is 4. The van der Waals surface area contributed by atoms with Crippen LogP contribution in [0.15, 0.2) is 11.6 Å². The summed E-state index contributed by atoms with van der Waals surface area (Å²) in [6.45, 7) is 6.96. The summed E-state index contributed by atoms with van der Waals surface area (Å²) in [5, 5.41) is 21.7. The standard InChI is InChI=1S/C25H40O4/c1-15(5-10-23(28)29-4)19-8-9-20-18-7-6-16-13-17(26)11-12-24(16,2)21(18)14-22(27)25(19,20)3/h8,15-18,20-22,26-27H,5-7,9-14H2,1-4H3/t15-,16?,17-,18?,20?,21?,22+,24+,25-/m1/s1. The number of methoxy groups -OCH3 is 1. The van der Waals surface area contributed by atoms with Gasteiger partial charge >= 0.3 is 5.97 Å². The summed E-state index contributed by atoms with van der Waals surface area (Å²) in [6.07, 6.45) is 10.6. The largest absolute Gasteiger partial charge is 0.469 e. The molecule has 4 aliphatic rings. The molecule has 2 N–H and O–H groups in total. The van der Waals surface area contributed by atoms with E-state index in [4.69, 9.17) is 4.74 Å². The second-order valence-electron chi connectivity index (χ2n) is 11.0. The van der Waals surface area contributed by atoms with E-state index in [0.29, 0.717) is 36.0 Å². The van der Waals surface area contributed by atoms with Crippen LogP contribution in [0.3, 0.4) is 0 Å². The van der Waals surface area contributed by atoms with Crippen LogP contribution in [0, 0.1) is 40.4 Å². The Hall–Kier alpha value is -0.870. The van der Waals surface area contributed by atoms with E-state index in [0.717, 1.165) is 38.5 Å². The van der Waals surface area contributed by atoms with Gasteiger partial charge in [-0.25, -0.2) is 0 Å². The highest BCUT2D eigenvalue weighted by molar-refractivity contribution is 5.69. The third kappa shape index (κ3) is 3.29. The Balaban J connectivity index is 1.54. The molecular formula is C25H40O4. The topological polar surface area (TPSA) is 66.8 Å². The molecule has 0 saturated heterocycles. The van der Waals surface area contributed by atoms with Crippen LogP contribution in [0.2, 0.25) is 0 Å². The van der Waals surface area contributed by atoms with Crippen LogP contribution in [-0.4, -0.2) is 35.5 Å². The average molecular weight is 405 g/mol. The molecule has 3 fully saturated rings. The fraction of sp³-hybridized carbons (Fsp3) is 0.880. The summed E-state index contributed by atoms with van der Waals surface area (Å²) in [5.41, 5.74) is 1.49. The van der Waals surface area contributed by atoms with Crippen LogP contribution >= 0.6 is 0 Å². The molecule has 0 aromatic heterocycles. The van der Waals surface area contributed by atoms with E-state index in [-0.39, 0.29) is 29.0 Å². The van der Waals surface area contributed by atoms with E-state index >= 15 is 0 Å². The van der Waals surface area contributed by atoms with Gasteiger partial charge in [0.25, 0.3) is 0 Å². The fourth-order valence-corrected chi connectivity index (χ4v) is 8.14. The van der Waals surface area contributed by atoms with Gasteiger partial charge in [0.2, 0.25) is 0 Å². The van der Waals surface area contributed by atoms with Crippen LogP contribution < -0.4 is 0 Å². The van der Waals surface area contributed by atoms with Crippen molar-refractivity contribution in [1.29, 1.82) is 0 Å². The zero-order chi connectivity index (χ0) is 21.0. The molecule has 0 aromatic rings. The van der Waals surface area contributed by atoms with Crippen molar-refractivity contribution in [2.45, 2.75) is 90.8 Å². The highest BCUT2D eigenvalue weighted by Gasteiger charge is 2.61. The Bertz CT molecular complexity index is 672. The maximum atomic E-state index is 11.6. The Kier molecular flexibility index (Phi) is 5.65. The normalized spacial score (nSPS) is 47.4. The molecule has 4 aliphatic carbocycles. The minimum absolute atomic E-state index is 0.126. The van der Waals surface area contributed by atoms with Crippen molar-refractivity contribution in [3.63, 3.8) is 0 Å². The maximum absolute atomic E-state index is 11.6. The highest BCUT2D eigenvalue weighted by atomic mass is 16.5. The molecule has 0 bridgehead atoms. The third-order valence-corrected chi connectivity index (χ3v) is 9.93. The molecule has 0 radical (unpaired) electrons. The molecule has 0 aromatic carbocycles. The third-order valence-electron chi connectivity index (χ3n) is 9.93. The SMILES string of the molecule is COC(=O)CC[C@@H](C)C1=CCC2C3CCC4C[C@H](O)CC[C@]4(C)C3C[C@H](O)[C@]12C. The number of hydrogen-bond donors (Lipinski definition) is 2. The van der Waals surface area contributed by atoms with E-state index in [2.05, 4.69) is 26.8 Å². The zero-order valence-corrected chi connectivity index (χ0v) is 18.7. The van der Waals surface area contributed by atoms with E-state index in [1.165, 1.54) is 25.5 Å². The van der Waals surface area contributed by atoms with Gasteiger partial charge < -0.3 is 14.9 Å². The quantitative estimate of drug-likeness (QED) is 0.535. The lowest BCUT2D eigenvalue weighted by Gasteiger charge is -2.62. The Morgan fingerprint density at radius 3 is 2.69 bits per heavy atom. The van der Waals surface area contributed by atoms with Crippen molar-refractivity contribution in [1.82, 2.24) is 0 Å². The lowest BCUT2D eigenvalue weighted by molar-refractivity contribution is -0.156.